The maximum absolute atomic E-state index is 12.9. The van der Waals surface area contributed by atoms with Gasteiger partial charge < -0.3 is 24.9 Å². The molecule has 0 aliphatic carbocycles. The molecule has 2 aromatic heterocycles. The van der Waals surface area contributed by atoms with Gasteiger partial charge >= 0.3 is 0 Å². The fourth-order valence-electron chi connectivity index (χ4n) is 4.39. The van der Waals surface area contributed by atoms with Gasteiger partial charge in [-0.1, -0.05) is 12.1 Å². The lowest BCUT2D eigenvalue weighted by molar-refractivity contribution is 0.102. The Morgan fingerprint density at radius 1 is 1.03 bits per heavy atom. The first kappa shape index (κ1) is 21.8. The van der Waals surface area contributed by atoms with Crippen LogP contribution in [0.1, 0.15) is 21.5 Å². The number of anilines is 1. The molecule has 3 heterocycles. The SMILES string of the molecule is COc1ncccc1-c1ccc(O)c(-c2nc3cc(C(=O)Nc4ccc5c(c4)COC5)ccc3[nH]2)c1. The van der Waals surface area contributed by atoms with Gasteiger partial charge in [0.05, 0.1) is 36.9 Å². The van der Waals surface area contributed by atoms with Crippen LogP contribution in [-0.4, -0.2) is 33.1 Å². The Morgan fingerprint density at radius 3 is 2.81 bits per heavy atom. The van der Waals surface area contributed by atoms with E-state index in [1.807, 2.05) is 42.5 Å². The number of H-pyrrole nitrogens is 1. The Morgan fingerprint density at radius 2 is 1.92 bits per heavy atom. The van der Waals surface area contributed by atoms with Gasteiger partial charge in [-0.05, 0) is 71.3 Å². The number of nitrogens with zero attached hydrogens (tertiary/aromatic N) is 2. The van der Waals surface area contributed by atoms with Gasteiger partial charge in [0.15, 0.2) is 0 Å². The van der Waals surface area contributed by atoms with Crippen molar-refractivity contribution in [3.05, 3.63) is 89.6 Å². The Labute approximate surface area is 206 Å². The number of amides is 1. The molecule has 8 heteroatoms. The summed E-state index contributed by atoms with van der Waals surface area (Å²) in [5.41, 5.74) is 6.96. The molecule has 1 aliphatic rings. The van der Waals surface area contributed by atoms with Crippen LogP contribution in [0.3, 0.4) is 0 Å². The van der Waals surface area contributed by atoms with Gasteiger partial charge in [-0.25, -0.2) is 9.97 Å². The smallest absolute Gasteiger partial charge is 0.255 e. The molecule has 0 saturated heterocycles. The van der Waals surface area contributed by atoms with Crippen molar-refractivity contribution in [2.45, 2.75) is 13.2 Å². The first-order valence-corrected chi connectivity index (χ1v) is 11.4. The first-order valence-electron chi connectivity index (χ1n) is 11.4. The van der Waals surface area contributed by atoms with E-state index in [9.17, 15) is 9.90 Å². The molecule has 36 heavy (non-hydrogen) atoms. The highest BCUT2D eigenvalue weighted by molar-refractivity contribution is 6.06. The van der Waals surface area contributed by atoms with Crippen molar-refractivity contribution in [1.82, 2.24) is 15.0 Å². The zero-order valence-electron chi connectivity index (χ0n) is 19.4. The normalized spacial score (nSPS) is 12.5. The minimum atomic E-state index is -0.228. The molecule has 1 aliphatic heterocycles. The van der Waals surface area contributed by atoms with E-state index < -0.39 is 0 Å². The standard InChI is InChI=1S/C28H22N4O4/c1-35-28-21(3-2-10-29-28)16-6-9-25(33)22(12-16)26-31-23-8-5-17(13-24(23)32-26)27(34)30-20-7-4-18-14-36-15-19(18)11-20/h2-13,33H,14-15H2,1H3,(H,30,34)(H,31,32). The van der Waals surface area contributed by atoms with Crippen molar-refractivity contribution in [3.63, 3.8) is 0 Å². The molecule has 0 bridgehead atoms. The number of hydrogen-bond donors (Lipinski definition) is 3. The number of pyridine rings is 1. The van der Waals surface area contributed by atoms with Crippen LogP contribution in [0.4, 0.5) is 5.69 Å². The molecular formula is C28H22N4O4. The Hall–Kier alpha value is -4.69. The van der Waals surface area contributed by atoms with E-state index in [1.54, 1.807) is 37.6 Å². The Kier molecular flexibility index (Phi) is 5.35. The topological polar surface area (TPSA) is 109 Å². The fourth-order valence-corrected chi connectivity index (χ4v) is 4.39. The summed E-state index contributed by atoms with van der Waals surface area (Å²) >= 11 is 0. The van der Waals surface area contributed by atoms with Gasteiger partial charge in [0.1, 0.15) is 11.6 Å². The van der Waals surface area contributed by atoms with Gasteiger partial charge in [0.2, 0.25) is 5.88 Å². The van der Waals surface area contributed by atoms with Crippen LogP contribution in [0.25, 0.3) is 33.5 Å². The van der Waals surface area contributed by atoms with E-state index >= 15 is 0 Å². The van der Waals surface area contributed by atoms with Crippen LogP contribution in [0.5, 0.6) is 11.6 Å². The second-order valence-electron chi connectivity index (χ2n) is 8.54. The second-order valence-corrected chi connectivity index (χ2v) is 8.54. The highest BCUT2D eigenvalue weighted by atomic mass is 16.5. The molecule has 0 saturated carbocycles. The summed E-state index contributed by atoms with van der Waals surface area (Å²) < 4.78 is 10.8. The largest absolute Gasteiger partial charge is 0.507 e. The number of aromatic amines is 1. The summed E-state index contributed by atoms with van der Waals surface area (Å²) in [6, 6.07) is 20.1. The van der Waals surface area contributed by atoms with E-state index in [0.29, 0.717) is 41.6 Å². The van der Waals surface area contributed by atoms with Gasteiger partial charge in [0, 0.05) is 23.0 Å². The van der Waals surface area contributed by atoms with E-state index in [4.69, 9.17) is 9.47 Å². The molecule has 1 amide bonds. The number of hydrogen-bond acceptors (Lipinski definition) is 6. The lowest BCUT2D eigenvalue weighted by Crippen LogP contribution is -2.12. The minimum absolute atomic E-state index is 0.0826. The number of phenols is 1. The summed E-state index contributed by atoms with van der Waals surface area (Å²) in [4.78, 5) is 25.1. The van der Waals surface area contributed by atoms with Gasteiger partial charge in [-0.2, -0.15) is 0 Å². The number of rotatable bonds is 5. The van der Waals surface area contributed by atoms with E-state index in [1.165, 1.54) is 0 Å². The molecular weight excluding hydrogens is 456 g/mol. The van der Waals surface area contributed by atoms with Crippen LogP contribution < -0.4 is 10.1 Å². The number of phenolic OH excluding ortho intramolecular Hbond substituents is 1. The lowest BCUT2D eigenvalue weighted by Gasteiger charge is -2.09. The number of methoxy groups -OCH3 is 1. The molecule has 0 fully saturated rings. The predicted molar refractivity (Wildman–Crippen MR) is 136 cm³/mol. The number of ether oxygens (including phenoxy) is 2. The quantitative estimate of drug-likeness (QED) is 0.317. The molecule has 5 aromatic rings. The number of nitrogens with one attached hydrogen (secondary N) is 2. The lowest BCUT2D eigenvalue weighted by atomic mass is 10.0. The molecule has 3 aromatic carbocycles. The molecule has 178 valence electrons. The molecule has 0 radical (unpaired) electrons. The maximum atomic E-state index is 12.9. The third-order valence-electron chi connectivity index (χ3n) is 6.25. The number of aromatic nitrogens is 3. The average molecular weight is 479 g/mol. The van der Waals surface area contributed by atoms with Crippen molar-refractivity contribution in [3.8, 4) is 34.1 Å². The third kappa shape index (κ3) is 3.93. The molecule has 3 N–H and O–H groups in total. The Bertz CT molecular complexity index is 1630. The number of benzene rings is 3. The highest BCUT2D eigenvalue weighted by Crippen LogP contribution is 2.35. The van der Waals surface area contributed by atoms with E-state index in [-0.39, 0.29) is 11.7 Å². The second kappa shape index (κ2) is 8.83. The van der Waals surface area contributed by atoms with E-state index in [0.717, 1.165) is 33.5 Å². The number of imidazole rings is 1. The van der Waals surface area contributed by atoms with Crippen LogP contribution in [0.2, 0.25) is 0 Å². The number of carbonyl (C=O) groups excluding carboxylic acids is 1. The fraction of sp³-hybridized carbons (Fsp3) is 0.107. The first-order chi connectivity index (χ1) is 17.6. The summed E-state index contributed by atoms with van der Waals surface area (Å²) in [5.74, 6) is 0.835. The van der Waals surface area contributed by atoms with Crippen LogP contribution in [0, 0.1) is 0 Å². The van der Waals surface area contributed by atoms with Crippen molar-refractivity contribution >= 4 is 22.6 Å². The van der Waals surface area contributed by atoms with E-state index in [2.05, 4.69) is 20.3 Å². The van der Waals surface area contributed by atoms with Gasteiger partial charge in [0.25, 0.3) is 5.91 Å². The summed E-state index contributed by atoms with van der Waals surface area (Å²) in [6.45, 7) is 1.17. The van der Waals surface area contributed by atoms with Crippen molar-refractivity contribution < 1.29 is 19.4 Å². The van der Waals surface area contributed by atoms with Crippen LogP contribution >= 0.6 is 0 Å². The van der Waals surface area contributed by atoms with Crippen LogP contribution in [0.15, 0.2) is 72.9 Å². The summed E-state index contributed by atoms with van der Waals surface area (Å²) in [5, 5.41) is 13.5. The third-order valence-corrected chi connectivity index (χ3v) is 6.25. The summed E-state index contributed by atoms with van der Waals surface area (Å²) in [7, 11) is 1.57. The number of fused-ring (bicyclic) bond motifs is 2. The van der Waals surface area contributed by atoms with Crippen molar-refractivity contribution in [1.29, 1.82) is 0 Å². The Balaban J connectivity index is 1.30. The molecule has 8 nitrogen and oxygen atoms in total. The van der Waals surface area contributed by atoms with Gasteiger partial charge in [-0.3, -0.25) is 4.79 Å². The number of aromatic hydroxyl groups is 1. The predicted octanol–water partition coefficient (Wildman–Crippen LogP) is 5.29. The minimum Gasteiger partial charge on any atom is -0.507 e. The van der Waals surface area contributed by atoms with Crippen molar-refractivity contribution in [2.75, 3.05) is 12.4 Å². The highest BCUT2D eigenvalue weighted by Gasteiger charge is 2.16. The van der Waals surface area contributed by atoms with Crippen LogP contribution in [-0.2, 0) is 18.0 Å². The molecule has 6 rings (SSSR count). The average Bonchev–Trinajstić information content (AvgIpc) is 3.55. The molecule has 0 atom stereocenters. The van der Waals surface area contributed by atoms with Gasteiger partial charge in [-0.15, -0.1) is 0 Å². The molecule has 0 spiro atoms. The monoisotopic (exact) mass is 478 g/mol. The summed E-state index contributed by atoms with van der Waals surface area (Å²) in [6.07, 6.45) is 1.66. The number of carbonyl (C=O) groups is 1. The molecule has 0 unspecified atom stereocenters. The zero-order chi connectivity index (χ0) is 24.6. The zero-order valence-corrected chi connectivity index (χ0v) is 19.4. The maximum Gasteiger partial charge on any atom is 0.255 e. The van der Waals surface area contributed by atoms with Crippen molar-refractivity contribution in [2.24, 2.45) is 0 Å².